The third-order valence-corrected chi connectivity index (χ3v) is 8.86. The Kier molecular flexibility index (Phi) is 9.62. The highest BCUT2D eigenvalue weighted by molar-refractivity contribution is 6.13. The highest BCUT2D eigenvalue weighted by atomic mass is 14.4. The molecule has 50 heavy (non-hydrogen) atoms. The molecule has 0 saturated heterocycles. The number of hydrogen-bond donors (Lipinski definition) is 2. The van der Waals surface area contributed by atoms with Gasteiger partial charge in [0.15, 0.2) is 0 Å². The summed E-state index contributed by atoms with van der Waals surface area (Å²) in [7, 11) is 0. The molecule has 0 amide bonds. The molecule has 238 valence electrons. The van der Waals surface area contributed by atoms with Crippen molar-refractivity contribution in [2.45, 2.75) is 0 Å². The second-order valence-electron chi connectivity index (χ2n) is 12.1. The molecule has 0 spiro atoms. The van der Waals surface area contributed by atoms with E-state index in [1.165, 1.54) is 0 Å². The van der Waals surface area contributed by atoms with Crippen molar-refractivity contribution in [2.75, 3.05) is 0 Å². The van der Waals surface area contributed by atoms with E-state index in [2.05, 4.69) is 97.1 Å². The second kappa shape index (κ2) is 15.1. The summed E-state index contributed by atoms with van der Waals surface area (Å²) in [4.78, 5) is 0. The normalized spacial score (nSPS) is 11.6. The zero-order chi connectivity index (χ0) is 34.1. The molecule has 0 radical (unpaired) electrons. The number of rotatable bonds is 10. The molecule has 0 fully saturated rings. The van der Waals surface area contributed by atoms with E-state index in [9.17, 15) is 0 Å². The molecule has 7 rings (SSSR count). The molecule has 0 aliphatic rings. The lowest BCUT2D eigenvalue weighted by molar-refractivity contribution is 1.47. The number of benzene rings is 7. The predicted octanol–water partition coefficient (Wildman–Crippen LogP) is 12.0. The van der Waals surface area contributed by atoms with Gasteiger partial charge in [-0.05, 0) is 78.9 Å². The first-order chi connectivity index (χ1) is 24.6. The Bertz CT molecular complexity index is 2100. The molecule has 0 bridgehead atoms. The van der Waals surface area contributed by atoms with E-state index in [1.54, 1.807) is 0 Å². The summed E-state index contributed by atoms with van der Waals surface area (Å²) >= 11 is 0. The average Bonchev–Trinajstić information content (AvgIpc) is 3.20. The van der Waals surface area contributed by atoms with E-state index in [-0.39, 0.29) is 0 Å². The van der Waals surface area contributed by atoms with E-state index < -0.39 is 0 Å². The summed E-state index contributed by atoms with van der Waals surface area (Å²) in [5, 5.41) is 18.1. The van der Waals surface area contributed by atoms with Gasteiger partial charge < -0.3 is 10.8 Å². The zero-order valence-corrected chi connectivity index (χ0v) is 27.6. The van der Waals surface area contributed by atoms with Crippen LogP contribution in [-0.4, -0.2) is 11.4 Å². The molecule has 0 saturated carbocycles. The van der Waals surface area contributed by atoms with Crippen molar-refractivity contribution >= 4 is 22.6 Å². The lowest BCUT2D eigenvalue weighted by atomic mass is 9.91. The van der Waals surface area contributed by atoms with Gasteiger partial charge in [0, 0.05) is 0 Å². The van der Waals surface area contributed by atoms with Crippen LogP contribution in [0.4, 0.5) is 0 Å². The molecule has 0 aliphatic heterocycles. The maximum Gasteiger partial charge on any atom is 0.0618 e. The molecular formula is C48H36N2. The first-order valence-corrected chi connectivity index (χ1v) is 16.8. The average molecular weight is 641 g/mol. The lowest BCUT2D eigenvalue weighted by Gasteiger charge is -2.13. The van der Waals surface area contributed by atoms with Crippen LogP contribution in [0.2, 0.25) is 0 Å². The van der Waals surface area contributed by atoms with Crippen LogP contribution >= 0.6 is 0 Å². The zero-order valence-electron chi connectivity index (χ0n) is 27.6. The quantitative estimate of drug-likeness (QED) is 0.140. The molecule has 0 heterocycles. The molecule has 2 nitrogen and oxygen atoms in total. The maximum atomic E-state index is 9.07. The summed E-state index contributed by atoms with van der Waals surface area (Å²) in [6.45, 7) is 0. The van der Waals surface area contributed by atoms with Gasteiger partial charge in [-0.25, -0.2) is 0 Å². The number of allylic oxidation sites excluding steroid dienone is 2. The van der Waals surface area contributed by atoms with E-state index in [0.29, 0.717) is 11.4 Å². The third kappa shape index (κ3) is 7.41. The fourth-order valence-electron chi connectivity index (χ4n) is 6.13. The fourth-order valence-corrected chi connectivity index (χ4v) is 6.13. The van der Waals surface area contributed by atoms with Crippen LogP contribution < -0.4 is 0 Å². The highest BCUT2D eigenvalue weighted by Gasteiger charge is 2.12. The summed E-state index contributed by atoms with van der Waals surface area (Å²) < 4.78 is 0. The van der Waals surface area contributed by atoms with Gasteiger partial charge in [0.2, 0.25) is 0 Å². The van der Waals surface area contributed by atoms with Gasteiger partial charge in [-0.15, -0.1) is 0 Å². The Balaban J connectivity index is 1.20. The maximum absolute atomic E-state index is 9.07. The van der Waals surface area contributed by atoms with Gasteiger partial charge >= 0.3 is 0 Å². The monoisotopic (exact) mass is 640 g/mol. The van der Waals surface area contributed by atoms with Crippen molar-refractivity contribution in [3.05, 3.63) is 240 Å². The SMILES string of the molecule is N=C(/C=C(/c1ccccc1)c1ccc(/C(=C\C(=N)c2ccc(-c3ccccc3)cc2)c2ccccc2)cc1)c1ccc(-c2ccccc2)cc1. The Morgan fingerprint density at radius 1 is 0.260 bits per heavy atom. The van der Waals surface area contributed by atoms with Gasteiger partial charge in [0.05, 0.1) is 11.4 Å². The highest BCUT2D eigenvalue weighted by Crippen LogP contribution is 2.30. The Hall–Kier alpha value is -6.64. The van der Waals surface area contributed by atoms with Crippen molar-refractivity contribution in [3.63, 3.8) is 0 Å². The van der Waals surface area contributed by atoms with Crippen LogP contribution in [0.15, 0.2) is 206 Å². The first-order valence-electron chi connectivity index (χ1n) is 16.8. The van der Waals surface area contributed by atoms with Crippen LogP contribution in [0.1, 0.15) is 33.4 Å². The minimum absolute atomic E-state index is 0.448. The van der Waals surface area contributed by atoms with Gasteiger partial charge in [-0.2, -0.15) is 0 Å². The molecular weight excluding hydrogens is 605 g/mol. The first kappa shape index (κ1) is 31.9. The van der Waals surface area contributed by atoms with Gasteiger partial charge in [-0.3, -0.25) is 0 Å². The van der Waals surface area contributed by atoms with Crippen LogP contribution in [0.3, 0.4) is 0 Å². The predicted molar refractivity (Wildman–Crippen MR) is 211 cm³/mol. The van der Waals surface area contributed by atoms with Crippen molar-refractivity contribution in [2.24, 2.45) is 0 Å². The molecule has 2 heteroatoms. The Labute approximate surface area is 294 Å². The number of nitrogens with one attached hydrogen (secondary N) is 2. The topological polar surface area (TPSA) is 47.7 Å². The smallest absolute Gasteiger partial charge is 0.0618 e. The Morgan fingerprint density at radius 3 is 0.820 bits per heavy atom. The van der Waals surface area contributed by atoms with E-state index in [4.69, 9.17) is 10.8 Å². The molecule has 0 atom stereocenters. The molecule has 0 aliphatic carbocycles. The Morgan fingerprint density at radius 2 is 0.500 bits per heavy atom. The van der Waals surface area contributed by atoms with Crippen LogP contribution in [0.5, 0.6) is 0 Å². The van der Waals surface area contributed by atoms with Gasteiger partial charge in [0.1, 0.15) is 0 Å². The standard InChI is InChI=1S/C48H36N2/c49-47(43-29-21-37(22-30-43)35-13-5-1-6-14-35)33-45(39-17-9-3-10-18-39)41-25-27-42(28-26-41)46(40-19-11-4-12-20-40)34-48(50)44-31-23-38(24-32-44)36-15-7-2-8-16-36/h1-34,49-50H/b45-33-,46-34-,49-47?,50-48?. The summed E-state index contributed by atoms with van der Waals surface area (Å²) in [6.07, 6.45) is 3.93. The molecule has 0 aromatic heterocycles. The summed E-state index contributed by atoms with van der Waals surface area (Å²) in [6, 6.07) is 66.0. The molecule has 7 aromatic carbocycles. The van der Waals surface area contributed by atoms with Gasteiger partial charge in [0.25, 0.3) is 0 Å². The van der Waals surface area contributed by atoms with Crippen LogP contribution in [-0.2, 0) is 0 Å². The summed E-state index contributed by atoms with van der Waals surface area (Å²) in [5.41, 5.74) is 13.3. The van der Waals surface area contributed by atoms with E-state index in [0.717, 1.165) is 66.8 Å². The second-order valence-corrected chi connectivity index (χ2v) is 12.1. The number of hydrogen-bond acceptors (Lipinski definition) is 2. The van der Waals surface area contributed by atoms with E-state index in [1.807, 2.05) is 109 Å². The molecule has 2 N–H and O–H groups in total. The third-order valence-electron chi connectivity index (χ3n) is 8.86. The minimum atomic E-state index is 0.448. The van der Waals surface area contributed by atoms with Crippen molar-refractivity contribution < 1.29 is 0 Å². The molecule has 7 aromatic rings. The summed E-state index contributed by atoms with van der Waals surface area (Å²) in [5.74, 6) is 0. The fraction of sp³-hybridized carbons (Fsp3) is 0. The van der Waals surface area contributed by atoms with Crippen molar-refractivity contribution in [3.8, 4) is 22.3 Å². The largest absolute Gasteiger partial charge is 0.300 e. The van der Waals surface area contributed by atoms with E-state index >= 15 is 0 Å². The van der Waals surface area contributed by atoms with Crippen LogP contribution in [0, 0.1) is 10.8 Å². The van der Waals surface area contributed by atoms with Gasteiger partial charge in [-0.1, -0.05) is 194 Å². The minimum Gasteiger partial charge on any atom is -0.300 e. The molecule has 0 unspecified atom stereocenters. The van der Waals surface area contributed by atoms with Crippen molar-refractivity contribution in [1.29, 1.82) is 10.8 Å². The lowest BCUT2D eigenvalue weighted by Crippen LogP contribution is -2.00. The van der Waals surface area contributed by atoms with Crippen LogP contribution in [0.25, 0.3) is 33.4 Å². The van der Waals surface area contributed by atoms with Crippen molar-refractivity contribution in [1.82, 2.24) is 0 Å².